The van der Waals surface area contributed by atoms with Crippen LogP contribution in [0.2, 0.25) is 0 Å². The van der Waals surface area contributed by atoms with Gasteiger partial charge in [0, 0.05) is 30.0 Å². The lowest BCUT2D eigenvalue weighted by Gasteiger charge is -2.13. The summed E-state index contributed by atoms with van der Waals surface area (Å²) in [6.07, 6.45) is 1.74. The number of aliphatic carboxylic acids is 1. The third-order valence-electron chi connectivity index (χ3n) is 2.93. The van der Waals surface area contributed by atoms with Crippen LogP contribution in [0.4, 0.5) is 0 Å². The Hall–Kier alpha value is -2.08. The minimum atomic E-state index is -1.02. The van der Waals surface area contributed by atoms with Gasteiger partial charge < -0.3 is 10.4 Å². The number of pyridine rings is 1. The Kier molecular flexibility index (Phi) is 5.16. The average molecular weight is 304 g/mol. The fraction of sp³-hybridized carbons (Fsp3) is 0.267. The van der Waals surface area contributed by atoms with E-state index in [4.69, 9.17) is 5.11 Å². The molecule has 1 aromatic heterocycles. The summed E-state index contributed by atoms with van der Waals surface area (Å²) in [5.41, 5.74) is 1.99. The minimum absolute atomic E-state index is 0.318. The van der Waals surface area contributed by atoms with Gasteiger partial charge in [0.15, 0.2) is 0 Å². The first kappa shape index (κ1) is 15.3. The van der Waals surface area contributed by atoms with E-state index in [1.54, 1.807) is 6.20 Å². The molecule has 2 aromatic rings. The maximum absolute atomic E-state index is 11.0. The van der Waals surface area contributed by atoms with Gasteiger partial charge in [0.05, 0.1) is 5.52 Å². The number of rotatable bonds is 6. The summed E-state index contributed by atoms with van der Waals surface area (Å²) in [5, 5.41) is 12.5. The molecule has 6 heteroatoms. The third kappa shape index (κ3) is 4.19. The fourth-order valence-electron chi connectivity index (χ4n) is 1.99. The summed E-state index contributed by atoms with van der Waals surface area (Å²) in [7, 11) is 0. The maximum atomic E-state index is 11.0. The van der Waals surface area contributed by atoms with Crippen molar-refractivity contribution in [1.82, 2.24) is 10.3 Å². The van der Waals surface area contributed by atoms with Crippen LogP contribution in [-0.2, 0) is 15.3 Å². The number of carboxylic acid groups (broad SMARTS) is 1. The van der Waals surface area contributed by atoms with Crippen molar-refractivity contribution in [2.45, 2.75) is 18.7 Å². The van der Waals surface area contributed by atoms with Crippen LogP contribution in [0.25, 0.3) is 10.9 Å². The van der Waals surface area contributed by atoms with Crippen molar-refractivity contribution in [1.29, 1.82) is 0 Å². The van der Waals surface area contributed by atoms with Crippen LogP contribution in [0.15, 0.2) is 36.5 Å². The number of carboxylic acids is 1. The Balaban J connectivity index is 2.01. The monoisotopic (exact) mass is 304 g/mol. The molecule has 0 saturated heterocycles. The van der Waals surface area contributed by atoms with Crippen LogP contribution >= 0.6 is 11.8 Å². The highest BCUT2D eigenvalue weighted by atomic mass is 32.2. The van der Waals surface area contributed by atoms with Crippen LogP contribution in [0.3, 0.4) is 0 Å². The van der Waals surface area contributed by atoms with Gasteiger partial charge in [0.25, 0.3) is 0 Å². The normalized spacial score (nSPS) is 12.0. The minimum Gasteiger partial charge on any atom is -0.480 e. The highest BCUT2D eigenvalue weighted by Crippen LogP contribution is 2.21. The van der Waals surface area contributed by atoms with E-state index in [1.807, 2.05) is 30.3 Å². The van der Waals surface area contributed by atoms with Gasteiger partial charge in [-0.15, -0.1) is 0 Å². The molecule has 1 atom stereocenters. The number of benzene rings is 1. The zero-order valence-electron chi connectivity index (χ0n) is 11.6. The Morgan fingerprint density at radius 1 is 1.33 bits per heavy atom. The van der Waals surface area contributed by atoms with Crippen LogP contribution in [0.1, 0.15) is 12.5 Å². The summed E-state index contributed by atoms with van der Waals surface area (Å²) in [5.74, 6) is -0.390. The van der Waals surface area contributed by atoms with Crippen molar-refractivity contribution in [3.05, 3.63) is 42.1 Å². The van der Waals surface area contributed by atoms with Gasteiger partial charge in [-0.3, -0.25) is 9.78 Å². The number of aromatic nitrogens is 1. The molecule has 1 amide bonds. The summed E-state index contributed by atoms with van der Waals surface area (Å²) in [6, 6.07) is 8.95. The molecule has 2 N–H and O–H groups in total. The molecule has 0 bridgehead atoms. The zero-order chi connectivity index (χ0) is 15.2. The molecule has 0 radical (unpaired) electrons. The van der Waals surface area contributed by atoms with E-state index in [0.29, 0.717) is 11.5 Å². The van der Waals surface area contributed by atoms with Gasteiger partial charge in [-0.05, 0) is 11.6 Å². The molecule has 110 valence electrons. The first-order valence-corrected chi connectivity index (χ1v) is 7.63. The Bertz CT molecular complexity index is 655. The van der Waals surface area contributed by atoms with Crippen molar-refractivity contribution < 1.29 is 14.7 Å². The second-order valence-corrected chi connectivity index (χ2v) is 5.63. The molecule has 0 aliphatic rings. The summed E-state index contributed by atoms with van der Waals surface area (Å²) in [4.78, 5) is 26.4. The number of thioether (sulfide) groups is 1. The molecule has 0 spiro atoms. The van der Waals surface area contributed by atoms with Crippen LogP contribution in [0, 0.1) is 0 Å². The molecule has 2 rings (SSSR count). The van der Waals surface area contributed by atoms with Gasteiger partial charge in [0.2, 0.25) is 5.91 Å². The van der Waals surface area contributed by atoms with Crippen LogP contribution in [0.5, 0.6) is 0 Å². The number of nitrogens with one attached hydrogen (secondary N) is 1. The van der Waals surface area contributed by atoms with Gasteiger partial charge in [-0.2, -0.15) is 11.8 Å². The molecule has 0 fully saturated rings. The molecular formula is C15H16N2O3S. The van der Waals surface area contributed by atoms with Gasteiger partial charge >= 0.3 is 5.97 Å². The van der Waals surface area contributed by atoms with E-state index in [0.717, 1.165) is 16.5 Å². The predicted octanol–water partition coefficient (Wildman–Crippen LogP) is 2.06. The molecule has 0 unspecified atom stereocenters. The number of fused-ring (bicyclic) bond motifs is 1. The molecule has 0 aliphatic heterocycles. The van der Waals surface area contributed by atoms with E-state index in [9.17, 15) is 9.59 Å². The van der Waals surface area contributed by atoms with Crippen LogP contribution in [-0.4, -0.2) is 33.8 Å². The Morgan fingerprint density at radius 3 is 2.81 bits per heavy atom. The van der Waals surface area contributed by atoms with E-state index in [-0.39, 0.29) is 5.91 Å². The number of carbonyl (C=O) groups is 2. The second kappa shape index (κ2) is 7.08. The number of hydrogen-bond acceptors (Lipinski definition) is 4. The van der Waals surface area contributed by atoms with Crippen molar-refractivity contribution in [3.63, 3.8) is 0 Å². The molecule has 5 nitrogen and oxygen atoms in total. The van der Waals surface area contributed by atoms with Crippen molar-refractivity contribution in [2.24, 2.45) is 0 Å². The second-order valence-electron chi connectivity index (χ2n) is 4.60. The highest BCUT2D eigenvalue weighted by Gasteiger charge is 2.18. The maximum Gasteiger partial charge on any atom is 0.327 e. The van der Waals surface area contributed by atoms with Crippen molar-refractivity contribution in [3.8, 4) is 0 Å². The molecule has 1 heterocycles. The van der Waals surface area contributed by atoms with E-state index < -0.39 is 12.0 Å². The highest BCUT2D eigenvalue weighted by molar-refractivity contribution is 7.98. The summed E-state index contributed by atoms with van der Waals surface area (Å²) >= 11 is 1.46. The van der Waals surface area contributed by atoms with E-state index in [2.05, 4.69) is 10.3 Å². The van der Waals surface area contributed by atoms with Gasteiger partial charge in [-0.25, -0.2) is 4.79 Å². The Morgan fingerprint density at radius 2 is 2.10 bits per heavy atom. The largest absolute Gasteiger partial charge is 0.480 e. The van der Waals surface area contributed by atoms with E-state index >= 15 is 0 Å². The lowest BCUT2D eigenvalue weighted by Crippen LogP contribution is -2.41. The first-order valence-electron chi connectivity index (χ1n) is 6.48. The molecule has 1 aromatic carbocycles. The van der Waals surface area contributed by atoms with E-state index in [1.165, 1.54) is 18.7 Å². The smallest absolute Gasteiger partial charge is 0.327 e. The standard InChI is InChI=1S/C15H16N2O3S/c1-10(18)17-13(15(19)20)9-21-8-12-5-2-4-11-6-3-7-16-14(11)12/h2-7,13H,8-9H2,1H3,(H,17,18)(H,19,20)/t13-/m0/s1. The summed E-state index contributed by atoms with van der Waals surface area (Å²) < 4.78 is 0. The molecule has 0 saturated carbocycles. The average Bonchev–Trinajstić information content (AvgIpc) is 2.46. The molecule has 0 aliphatic carbocycles. The lowest BCUT2D eigenvalue weighted by molar-refractivity contribution is -0.140. The summed E-state index contributed by atoms with van der Waals surface area (Å²) in [6.45, 7) is 1.31. The quantitative estimate of drug-likeness (QED) is 0.854. The lowest BCUT2D eigenvalue weighted by atomic mass is 10.1. The molecular weight excluding hydrogens is 288 g/mol. The SMILES string of the molecule is CC(=O)N[C@@H](CSCc1cccc2cccnc12)C(=O)O. The van der Waals surface area contributed by atoms with Crippen LogP contribution < -0.4 is 5.32 Å². The topological polar surface area (TPSA) is 79.3 Å². The number of carbonyl (C=O) groups excluding carboxylic acids is 1. The number of nitrogens with zero attached hydrogens (tertiary/aromatic N) is 1. The Labute approximate surface area is 126 Å². The number of hydrogen-bond donors (Lipinski definition) is 2. The van der Waals surface area contributed by atoms with Gasteiger partial charge in [-0.1, -0.05) is 24.3 Å². The fourth-order valence-corrected chi connectivity index (χ4v) is 3.02. The van der Waals surface area contributed by atoms with Crippen molar-refractivity contribution >= 4 is 34.5 Å². The first-order chi connectivity index (χ1) is 10.1. The zero-order valence-corrected chi connectivity index (χ0v) is 12.4. The molecule has 21 heavy (non-hydrogen) atoms. The van der Waals surface area contributed by atoms with Gasteiger partial charge in [0.1, 0.15) is 6.04 Å². The van der Waals surface area contributed by atoms with Crippen molar-refractivity contribution in [2.75, 3.05) is 5.75 Å². The number of amides is 1. The third-order valence-corrected chi connectivity index (χ3v) is 4.02. The number of para-hydroxylation sites is 1. The predicted molar refractivity (Wildman–Crippen MR) is 83.1 cm³/mol.